The van der Waals surface area contributed by atoms with Crippen molar-refractivity contribution in [3.63, 3.8) is 0 Å². The van der Waals surface area contributed by atoms with Gasteiger partial charge in [-0.1, -0.05) is 31.9 Å². The van der Waals surface area contributed by atoms with E-state index in [1.165, 1.54) is 0 Å². The van der Waals surface area contributed by atoms with Gasteiger partial charge >= 0.3 is 0 Å². The standard InChI is InChI=1S/C13H19ClN2O2/c1-3-4-5-10-6-12(14)11(9(2)8-15)7-13(10)16(17)18/h6-7,9H,3-5,8,15H2,1-2H3. The number of hydrogen-bond acceptors (Lipinski definition) is 3. The second kappa shape index (κ2) is 6.71. The molecule has 0 heterocycles. The lowest BCUT2D eigenvalue weighted by Gasteiger charge is -2.13. The van der Waals surface area contributed by atoms with Crippen LogP contribution in [0, 0.1) is 10.1 Å². The Morgan fingerprint density at radius 1 is 1.50 bits per heavy atom. The molecule has 0 fully saturated rings. The minimum Gasteiger partial charge on any atom is -0.330 e. The van der Waals surface area contributed by atoms with Gasteiger partial charge in [0, 0.05) is 16.7 Å². The van der Waals surface area contributed by atoms with Gasteiger partial charge in [-0.15, -0.1) is 0 Å². The molecule has 1 aromatic carbocycles. The maximum atomic E-state index is 11.1. The van der Waals surface area contributed by atoms with Crippen LogP contribution in [0.25, 0.3) is 0 Å². The van der Waals surface area contributed by atoms with Gasteiger partial charge in [-0.25, -0.2) is 0 Å². The Morgan fingerprint density at radius 3 is 2.67 bits per heavy atom. The van der Waals surface area contributed by atoms with Gasteiger partial charge in [-0.3, -0.25) is 10.1 Å². The fourth-order valence-corrected chi connectivity index (χ4v) is 2.23. The van der Waals surface area contributed by atoms with Crippen LogP contribution in [0.1, 0.15) is 43.7 Å². The second-order valence-corrected chi connectivity index (χ2v) is 4.91. The summed E-state index contributed by atoms with van der Waals surface area (Å²) in [4.78, 5) is 10.8. The topological polar surface area (TPSA) is 69.2 Å². The Kier molecular flexibility index (Phi) is 5.56. The number of aryl methyl sites for hydroxylation is 1. The maximum Gasteiger partial charge on any atom is 0.272 e. The number of hydrogen-bond donors (Lipinski definition) is 1. The fraction of sp³-hybridized carbons (Fsp3) is 0.538. The van der Waals surface area contributed by atoms with Gasteiger partial charge in [-0.05, 0) is 36.9 Å². The molecular weight excluding hydrogens is 252 g/mol. The first-order valence-corrected chi connectivity index (χ1v) is 6.55. The minimum atomic E-state index is -0.339. The zero-order chi connectivity index (χ0) is 13.7. The lowest BCUT2D eigenvalue weighted by atomic mass is 9.97. The lowest BCUT2D eigenvalue weighted by Crippen LogP contribution is -2.10. The Labute approximate surface area is 112 Å². The van der Waals surface area contributed by atoms with Crippen molar-refractivity contribution in [1.29, 1.82) is 0 Å². The first-order valence-electron chi connectivity index (χ1n) is 6.18. The Bertz CT molecular complexity index is 435. The molecule has 0 saturated carbocycles. The third-order valence-corrected chi connectivity index (χ3v) is 3.41. The van der Waals surface area contributed by atoms with Crippen molar-refractivity contribution in [2.75, 3.05) is 6.54 Å². The number of nitro benzene ring substituents is 1. The molecule has 0 aliphatic carbocycles. The van der Waals surface area contributed by atoms with E-state index in [1.54, 1.807) is 12.1 Å². The molecule has 1 unspecified atom stereocenters. The number of halogens is 1. The summed E-state index contributed by atoms with van der Waals surface area (Å²) >= 11 is 6.18. The molecule has 0 aliphatic rings. The van der Waals surface area contributed by atoms with Crippen LogP contribution in [-0.2, 0) is 6.42 Å². The lowest BCUT2D eigenvalue weighted by molar-refractivity contribution is -0.385. The summed E-state index contributed by atoms with van der Waals surface area (Å²) < 4.78 is 0. The van der Waals surface area contributed by atoms with E-state index in [4.69, 9.17) is 17.3 Å². The van der Waals surface area contributed by atoms with Crippen LogP contribution < -0.4 is 5.73 Å². The molecule has 0 saturated heterocycles. The Hall–Kier alpha value is -1.13. The van der Waals surface area contributed by atoms with Crippen LogP contribution >= 0.6 is 11.6 Å². The smallest absolute Gasteiger partial charge is 0.272 e. The van der Waals surface area contributed by atoms with Crippen molar-refractivity contribution >= 4 is 17.3 Å². The molecule has 1 aromatic rings. The van der Waals surface area contributed by atoms with E-state index in [9.17, 15) is 10.1 Å². The highest BCUT2D eigenvalue weighted by atomic mass is 35.5. The van der Waals surface area contributed by atoms with Gasteiger partial charge in [0.05, 0.1) is 4.92 Å². The number of nitrogens with zero attached hydrogens (tertiary/aromatic N) is 1. The third kappa shape index (κ3) is 3.43. The van der Waals surface area contributed by atoms with Crippen LogP contribution in [0.5, 0.6) is 0 Å². The molecule has 0 bridgehead atoms. The number of rotatable bonds is 6. The van der Waals surface area contributed by atoms with Crippen molar-refractivity contribution in [3.8, 4) is 0 Å². The van der Waals surface area contributed by atoms with E-state index >= 15 is 0 Å². The monoisotopic (exact) mass is 270 g/mol. The molecule has 2 N–H and O–H groups in total. The van der Waals surface area contributed by atoms with Gasteiger partial charge in [0.15, 0.2) is 0 Å². The van der Waals surface area contributed by atoms with Gasteiger partial charge < -0.3 is 5.73 Å². The number of nitro groups is 1. The molecule has 1 atom stereocenters. The zero-order valence-electron chi connectivity index (χ0n) is 10.8. The molecule has 0 amide bonds. The first-order chi connectivity index (χ1) is 8.51. The van der Waals surface area contributed by atoms with E-state index in [0.29, 0.717) is 23.6 Å². The largest absolute Gasteiger partial charge is 0.330 e. The van der Waals surface area contributed by atoms with Crippen LogP contribution in [0.4, 0.5) is 5.69 Å². The Balaban J connectivity index is 3.20. The van der Waals surface area contributed by atoms with Crippen LogP contribution in [-0.4, -0.2) is 11.5 Å². The van der Waals surface area contributed by atoms with Crippen molar-refractivity contribution in [2.24, 2.45) is 5.73 Å². The van der Waals surface area contributed by atoms with E-state index in [2.05, 4.69) is 6.92 Å². The normalized spacial score (nSPS) is 12.4. The molecule has 100 valence electrons. The van der Waals surface area contributed by atoms with Crippen molar-refractivity contribution in [3.05, 3.63) is 38.4 Å². The van der Waals surface area contributed by atoms with Gasteiger partial charge in [0.1, 0.15) is 0 Å². The average molecular weight is 271 g/mol. The van der Waals surface area contributed by atoms with E-state index < -0.39 is 0 Å². The van der Waals surface area contributed by atoms with E-state index in [0.717, 1.165) is 18.4 Å². The molecule has 0 radical (unpaired) electrons. The molecule has 0 aliphatic heterocycles. The van der Waals surface area contributed by atoms with Crippen LogP contribution in [0.2, 0.25) is 5.02 Å². The highest BCUT2D eigenvalue weighted by molar-refractivity contribution is 6.31. The summed E-state index contributed by atoms with van der Waals surface area (Å²) in [6, 6.07) is 3.29. The summed E-state index contributed by atoms with van der Waals surface area (Å²) in [6.07, 6.45) is 2.60. The zero-order valence-corrected chi connectivity index (χ0v) is 11.5. The highest BCUT2D eigenvalue weighted by Gasteiger charge is 2.19. The molecule has 1 rings (SSSR count). The van der Waals surface area contributed by atoms with Crippen molar-refractivity contribution < 1.29 is 4.92 Å². The van der Waals surface area contributed by atoms with Crippen molar-refractivity contribution in [2.45, 2.75) is 39.0 Å². The number of nitrogens with two attached hydrogens (primary N) is 1. The van der Waals surface area contributed by atoms with E-state index in [1.807, 2.05) is 6.92 Å². The second-order valence-electron chi connectivity index (χ2n) is 4.50. The molecule has 0 spiro atoms. The molecular formula is C13H19ClN2O2. The number of benzene rings is 1. The third-order valence-electron chi connectivity index (χ3n) is 3.08. The van der Waals surface area contributed by atoms with Gasteiger partial charge in [-0.2, -0.15) is 0 Å². The summed E-state index contributed by atoms with van der Waals surface area (Å²) in [6.45, 7) is 4.39. The summed E-state index contributed by atoms with van der Waals surface area (Å²) in [7, 11) is 0. The van der Waals surface area contributed by atoms with Crippen LogP contribution in [0.15, 0.2) is 12.1 Å². The maximum absolute atomic E-state index is 11.1. The van der Waals surface area contributed by atoms with Gasteiger partial charge in [0.2, 0.25) is 0 Å². The molecule has 5 heteroatoms. The average Bonchev–Trinajstić information content (AvgIpc) is 2.34. The Morgan fingerprint density at radius 2 is 2.17 bits per heavy atom. The van der Waals surface area contributed by atoms with Gasteiger partial charge in [0.25, 0.3) is 5.69 Å². The summed E-state index contributed by atoms with van der Waals surface area (Å²) in [5, 5.41) is 11.7. The molecule has 0 aromatic heterocycles. The fourth-order valence-electron chi connectivity index (χ4n) is 1.86. The summed E-state index contributed by atoms with van der Waals surface area (Å²) in [5.74, 6) is 0.0245. The minimum absolute atomic E-state index is 0.0245. The quantitative estimate of drug-likeness (QED) is 0.634. The van der Waals surface area contributed by atoms with Crippen LogP contribution in [0.3, 0.4) is 0 Å². The first kappa shape index (κ1) is 14.9. The molecule has 4 nitrogen and oxygen atoms in total. The van der Waals surface area contributed by atoms with E-state index in [-0.39, 0.29) is 16.5 Å². The molecule has 18 heavy (non-hydrogen) atoms. The van der Waals surface area contributed by atoms with Crippen molar-refractivity contribution in [1.82, 2.24) is 0 Å². The number of unbranched alkanes of at least 4 members (excludes halogenated alkanes) is 1. The summed E-state index contributed by atoms with van der Waals surface area (Å²) in [5.41, 5.74) is 7.21. The SMILES string of the molecule is CCCCc1cc(Cl)c(C(C)CN)cc1[N+](=O)[O-]. The predicted octanol–water partition coefficient (Wildman–Crippen LogP) is 3.65. The predicted molar refractivity (Wildman–Crippen MR) is 74.2 cm³/mol. The highest BCUT2D eigenvalue weighted by Crippen LogP contribution is 2.32.